The van der Waals surface area contributed by atoms with Crippen LogP contribution in [0.1, 0.15) is 12.5 Å². The second kappa shape index (κ2) is 8.22. The molecule has 8 nitrogen and oxygen atoms in total. The van der Waals surface area contributed by atoms with E-state index in [0.717, 1.165) is 22.5 Å². The van der Waals surface area contributed by atoms with Crippen molar-refractivity contribution in [3.8, 4) is 16.9 Å². The molecule has 0 radical (unpaired) electrons. The van der Waals surface area contributed by atoms with Crippen LogP contribution in [0.5, 0.6) is 0 Å². The van der Waals surface area contributed by atoms with E-state index >= 15 is 0 Å². The number of hydrogen-bond acceptors (Lipinski definition) is 4. The molecule has 3 aromatic heterocycles. The first-order chi connectivity index (χ1) is 16.0. The van der Waals surface area contributed by atoms with E-state index in [-0.39, 0.29) is 12.1 Å². The SMILES string of the molecule is CCOCCn1c(=O)c2c(nc3n(-c4cccc(C)c4)c(-c4ccccc4)cn23)n(C)c1=O. The Labute approximate surface area is 189 Å². The zero-order chi connectivity index (χ0) is 23.1. The molecule has 0 bridgehead atoms. The van der Waals surface area contributed by atoms with Crippen molar-refractivity contribution in [3.05, 3.63) is 87.2 Å². The van der Waals surface area contributed by atoms with Gasteiger partial charge in [-0.3, -0.25) is 22.9 Å². The molecule has 0 unspecified atom stereocenters. The van der Waals surface area contributed by atoms with Gasteiger partial charge in [0.05, 0.1) is 18.8 Å². The fraction of sp³-hybridized carbons (Fsp3) is 0.240. The average Bonchev–Trinajstić information content (AvgIpc) is 3.37. The van der Waals surface area contributed by atoms with Gasteiger partial charge in [0.1, 0.15) is 0 Å². The molecule has 3 heterocycles. The zero-order valence-electron chi connectivity index (χ0n) is 18.9. The Bertz CT molecular complexity index is 1590. The molecule has 5 rings (SSSR count). The molecule has 0 aliphatic carbocycles. The summed E-state index contributed by atoms with van der Waals surface area (Å²) >= 11 is 0. The van der Waals surface area contributed by atoms with Crippen LogP contribution in [0.4, 0.5) is 0 Å². The fourth-order valence-corrected chi connectivity index (χ4v) is 4.23. The summed E-state index contributed by atoms with van der Waals surface area (Å²) in [6, 6.07) is 18.1. The number of nitrogens with zero attached hydrogens (tertiary/aromatic N) is 5. The molecule has 0 spiro atoms. The van der Waals surface area contributed by atoms with Crippen LogP contribution < -0.4 is 11.2 Å². The Kier molecular flexibility index (Phi) is 5.22. The lowest BCUT2D eigenvalue weighted by Gasteiger charge is -2.10. The van der Waals surface area contributed by atoms with Gasteiger partial charge >= 0.3 is 5.69 Å². The van der Waals surface area contributed by atoms with Crippen LogP contribution in [0.15, 0.2) is 70.4 Å². The maximum atomic E-state index is 13.4. The number of aromatic nitrogens is 5. The van der Waals surface area contributed by atoms with Gasteiger partial charge < -0.3 is 4.74 Å². The van der Waals surface area contributed by atoms with Gasteiger partial charge in [-0.15, -0.1) is 0 Å². The summed E-state index contributed by atoms with van der Waals surface area (Å²) in [7, 11) is 1.64. The first-order valence-electron chi connectivity index (χ1n) is 10.9. The number of aryl methyl sites for hydroxylation is 2. The van der Waals surface area contributed by atoms with Gasteiger partial charge in [0.15, 0.2) is 11.2 Å². The summed E-state index contributed by atoms with van der Waals surface area (Å²) in [6.07, 6.45) is 1.92. The monoisotopic (exact) mass is 443 g/mol. The predicted octanol–water partition coefficient (Wildman–Crippen LogP) is 3.15. The molecule has 0 N–H and O–H groups in total. The Morgan fingerprint density at radius 1 is 1.03 bits per heavy atom. The molecule has 0 saturated heterocycles. The van der Waals surface area contributed by atoms with Crippen molar-refractivity contribution in [1.29, 1.82) is 0 Å². The third-order valence-corrected chi connectivity index (χ3v) is 5.84. The Hall–Kier alpha value is -3.91. The molecule has 5 aromatic rings. The van der Waals surface area contributed by atoms with E-state index in [2.05, 4.69) is 6.07 Å². The quantitative estimate of drug-likeness (QED) is 0.378. The van der Waals surface area contributed by atoms with Crippen LogP contribution in [0.25, 0.3) is 33.9 Å². The van der Waals surface area contributed by atoms with Crippen molar-refractivity contribution >= 4 is 16.9 Å². The van der Waals surface area contributed by atoms with E-state index in [1.807, 2.05) is 73.1 Å². The molecule has 2 aromatic carbocycles. The minimum absolute atomic E-state index is 0.187. The van der Waals surface area contributed by atoms with Gasteiger partial charge in [-0.1, -0.05) is 42.5 Å². The van der Waals surface area contributed by atoms with Crippen molar-refractivity contribution in [1.82, 2.24) is 23.1 Å². The fourth-order valence-electron chi connectivity index (χ4n) is 4.23. The predicted molar refractivity (Wildman–Crippen MR) is 128 cm³/mol. The molecular formula is C25H25N5O3. The average molecular weight is 444 g/mol. The lowest BCUT2D eigenvalue weighted by Crippen LogP contribution is -2.40. The highest BCUT2D eigenvalue weighted by Gasteiger charge is 2.22. The van der Waals surface area contributed by atoms with Crippen molar-refractivity contribution in [3.63, 3.8) is 0 Å². The van der Waals surface area contributed by atoms with Crippen LogP contribution in [0.3, 0.4) is 0 Å². The van der Waals surface area contributed by atoms with Crippen LogP contribution >= 0.6 is 0 Å². The van der Waals surface area contributed by atoms with Gasteiger partial charge in [0, 0.05) is 31.1 Å². The standard InChI is InChI=1S/C25H25N5O3/c1-4-33-14-13-28-23(31)21-22(27(3)25(28)32)26-24-29(21)16-20(18-10-6-5-7-11-18)30(24)19-12-8-9-17(2)15-19/h5-12,15-16H,4,13-14H2,1-3H3. The van der Waals surface area contributed by atoms with E-state index < -0.39 is 5.69 Å². The summed E-state index contributed by atoms with van der Waals surface area (Å²) in [5.41, 5.74) is 3.89. The van der Waals surface area contributed by atoms with Crippen LogP contribution in [-0.4, -0.2) is 36.3 Å². The summed E-state index contributed by atoms with van der Waals surface area (Å²) in [5, 5.41) is 0. The summed E-state index contributed by atoms with van der Waals surface area (Å²) in [4.78, 5) is 31.1. The Morgan fingerprint density at radius 3 is 2.55 bits per heavy atom. The summed E-state index contributed by atoms with van der Waals surface area (Å²) < 4.78 is 11.8. The highest BCUT2D eigenvalue weighted by Crippen LogP contribution is 2.29. The van der Waals surface area contributed by atoms with Gasteiger partial charge in [-0.05, 0) is 31.5 Å². The van der Waals surface area contributed by atoms with E-state index in [1.54, 1.807) is 11.4 Å². The molecule has 8 heteroatoms. The third-order valence-electron chi connectivity index (χ3n) is 5.84. The van der Waals surface area contributed by atoms with E-state index in [9.17, 15) is 9.59 Å². The normalized spacial score (nSPS) is 11.6. The smallest absolute Gasteiger partial charge is 0.332 e. The van der Waals surface area contributed by atoms with Gasteiger partial charge in [0.25, 0.3) is 5.56 Å². The first-order valence-corrected chi connectivity index (χ1v) is 10.9. The van der Waals surface area contributed by atoms with E-state index in [4.69, 9.17) is 9.72 Å². The molecule has 0 saturated carbocycles. The maximum absolute atomic E-state index is 13.4. The minimum atomic E-state index is -0.404. The number of rotatable bonds is 6. The number of benzene rings is 2. The topological polar surface area (TPSA) is 75.5 Å². The van der Waals surface area contributed by atoms with Crippen LogP contribution in [-0.2, 0) is 18.3 Å². The highest BCUT2D eigenvalue weighted by atomic mass is 16.5. The molecular weight excluding hydrogens is 418 g/mol. The molecule has 0 atom stereocenters. The largest absolute Gasteiger partial charge is 0.380 e. The first kappa shape index (κ1) is 21.0. The Morgan fingerprint density at radius 2 is 1.82 bits per heavy atom. The second-order valence-corrected chi connectivity index (χ2v) is 8.00. The van der Waals surface area contributed by atoms with Gasteiger partial charge in [-0.2, -0.15) is 4.98 Å². The van der Waals surface area contributed by atoms with Crippen LogP contribution in [0.2, 0.25) is 0 Å². The van der Waals surface area contributed by atoms with Crippen molar-refractivity contribution < 1.29 is 4.74 Å². The molecule has 0 amide bonds. The third kappa shape index (κ3) is 3.39. The maximum Gasteiger partial charge on any atom is 0.332 e. The summed E-state index contributed by atoms with van der Waals surface area (Å²) in [5.74, 6) is 0.573. The number of imidazole rings is 2. The molecule has 33 heavy (non-hydrogen) atoms. The van der Waals surface area contributed by atoms with Crippen molar-refractivity contribution in [2.24, 2.45) is 7.05 Å². The van der Waals surface area contributed by atoms with Crippen LogP contribution in [0, 0.1) is 6.92 Å². The van der Waals surface area contributed by atoms with Gasteiger partial charge in [0.2, 0.25) is 5.78 Å². The molecule has 0 aliphatic rings. The molecule has 168 valence electrons. The molecule has 0 aliphatic heterocycles. The van der Waals surface area contributed by atoms with E-state index in [0.29, 0.717) is 30.2 Å². The highest BCUT2D eigenvalue weighted by molar-refractivity contribution is 5.79. The molecule has 0 fully saturated rings. The number of ether oxygens (including phenoxy) is 1. The van der Waals surface area contributed by atoms with E-state index in [1.165, 1.54) is 9.13 Å². The lowest BCUT2D eigenvalue weighted by atomic mass is 10.1. The van der Waals surface area contributed by atoms with Crippen molar-refractivity contribution in [2.75, 3.05) is 13.2 Å². The van der Waals surface area contributed by atoms with Crippen molar-refractivity contribution in [2.45, 2.75) is 20.4 Å². The summed E-state index contributed by atoms with van der Waals surface area (Å²) in [6.45, 7) is 4.91. The minimum Gasteiger partial charge on any atom is -0.380 e. The number of hydrogen-bond donors (Lipinski definition) is 0. The second-order valence-electron chi connectivity index (χ2n) is 8.00. The van der Waals surface area contributed by atoms with Gasteiger partial charge in [-0.25, -0.2) is 4.79 Å². The Balaban J connectivity index is 1.86. The number of fused-ring (bicyclic) bond motifs is 3. The zero-order valence-corrected chi connectivity index (χ0v) is 18.9. The lowest BCUT2D eigenvalue weighted by molar-refractivity contribution is 0.137.